The smallest absolute Gasteiger partial charge is 0.327 e. The Hall–Kier alpha value is -2.04. The quantitative estimate of drug-likeness (QED) is 0.605. The van der Waals surface area contributed by atoms with Gasteiger partial charge in [-0.3, -0.25) is 9.69 Å². The van der Waals surface area contributed by atoms with E-state index in [0.717, 1.165) is 37.9 Å². The van der Waals surface area contributed by atoms with Gasteiger partial charge >= 0.3 is 6.03 Å². The molecule has 0 radical (unpaired) electrons. The molecule has 2 aliphatic rings. The molecule has 136 valence electrons. The maximum absolute atomic E-state index is 12.9. The third kappa shape index (κ3) is 3.24. The third-order valence-corrected chi connectivity index (χ3v) is 5.76. The van der Waals surface area contributed by atoms with E-state index in [1.807, 2.05) is 18.2 Å². The lowest BCUT2D eigenvalue weighted by Gasteiger charge is -2.35. The summed E-state index contributed by atoms with van der Waals surface area (Å²) in [6, 6.07) is 5.86. The molecule has 1 aromatic carbocycles. The minimum Gasteiger partial charge on any atom is -0.494 e. The molecule has 1 spiro atoms. The van der Waals surface area contributed by atoms with E-state index in [0.29, 0.717) is 19.6 Å². The average molecular weight is 344 g/mol. The van der Waals surface area contributed by atoms with Crippen LogP contribution >= 0.6 is 0 Å². The number of nitrogens with zero attached hydrogens (tertiary/aromatic N) is 2. The van der Waals surface area contributed by atoms with Gasteiger partial charge in [-0.15, -0.1) is 0 Å². The first-order chi connectivity index (χ1) is 12.0. The Morgan fingerprint density at radius 1 is 1.08 bits per heavy atom. The summed E-state index contributed by atoms with van der Waals surface area (Å²) in [4.78, 5) is 28.5. The van der Waals surface area contributed by atoms with Crippen LogP contribution in [-0.2, 0) is 4.79 Å². The van der Waals surface area contributed by atoms with Crippen LogP contribution in [0.25, 0.3) is 0 Å². The lowest BCUT2D eigenvalue weighted by Crippen LogP contribution is -2.49. The lowest BCUT2D eigenvalue weighted by atomic mass is 9.81. The number of rotatable bonds is 5. The fraction of sp³-hybridized carbons (Fsp3) is 0.600. The summed E-state index contributed by atoms with van der Waals surface area (Å²) in [5.41, 5.74) is 1.86. The number of hydrogen-bond acceptors (Lipinski definition) is 3. The highest BCUT2D eigenvalue weighted by molar-refractivity contribution is 6.06. The number of ether oxygens (including phenoxy) is 1. The van der Waals surface area contributed by atoms with Gasteiger partial charge in [-0.05, 0) is 56.4 Å². The summed E-state index contributed by atoms with van der Waals surface area (Å²) >= 11 is 0. The van der Waals surface area contributed by atoms with Crippen LogP contribution in [0.15, 0.2) is 18.2 Å². The van der Waals surface area contributed by atoms with Gasteiger partial charge in [0.1, 0.15) is 11.3 Å². The average Bonchev–Trinajstić information content (AvgIpc) is 2.78. The molecule has 0 N–H and O–H groups in total. The summed E-state index contributed by atoms with van der Waals surface area (Å²) in [6.07, 6.45) is 5.43. The van der Waals surface area contributed by atoms with Gasteiger partial charge in [-0.2, -0.15) is 0 Å². The van der Waals surface area contributed by atoms with Gasteiger partial charge in [0.2, 0.25) is 0 Å². The number of benzene rings is 1. The SMILES string of the molecule is Cc1ccc(OCCCN2C(=O)N(C)C3(CCCCC3)C2=O)cc1C. The van der Waals surface area contributed by atoms with Gasteiger partial charge in [0.15, 0.2) is 0 Å². The monoisotopic (exact) mass is 344 g/mol. The van der Waals surface area contributed by atoms with Gasteiger partial charge in [-0.25, -0.2) is 4.79 Å². The second-order valence-electron chi connectivity index (χ2n) is 7.34. The van der Waals surface area contributed by atoms with Gasteiger partial charge in [-0.1, -0.05) is 25.3 Å². The number of carbonyl (C=O) groups excluding carboxylic acids is 2. The highest BCUT2D eigenvalue weighted by atomic mass is 16.5. The van der Waals surface area contributed by atoms with Crippen LogP contribution in [0.3, 0.4) is 0 Å². The third-order valence-electron chi connectivity index (χ3n) is 5.76. The number of imide groups is 1. The molecule has 25 heavy (non-hydrogen) atoms. The summed E-state index contributed by atoms with van der Waals surface area (Å²) in [5.74, 6) is 0.828. The van der Waals surface area contributed by atoms with Gasteiger partial charge in [0.05, 0.1) is 6.61 Å². The molecule has 1 saturated carbocycles. The molecule has 3 amide bonds. The molecule has 0 unspecified atom stereocenters. The van der Waals surface area contributed by atoms with Crippen LogP contribution in [0, 0.1) is 13.8 Å². The second kappa shape index (κ2) is 7.06. The standard InChI is InChI=1S/C20H28N2O3/c1-15-8-9-17(14-16(15)2)25-13-7-12-22-18(23)20(21(3)19(22)24)10-5-4-6-11-20/h8-9,14H,4-7,10-13H2,1-3H3. The van der Waals surface area contributed by atoms with Crippen molar-refractivity contribution in [2.24, 2.45) is 0 Å². The van der Waals surface area contributed by atoms with Crippen LogP contribution in [0.4, 0.5) is 4.79 Å². The first kappa shape index (κ1) is 17.8. The van der Waals surface area contributed by atoms with Crippen molar-refractivity contribution in [1.29, 1.82) is 0 Å². The minimum absolute atomic E-state index is 0.00844. The first-order valence-electron chi connectivity index (χ1n) is 9.25. The molecular formula is C20H28N2O3. The Bertz CT molecular complexity index is 665. The summed E-state index contributed by atoms with van der Waals surface area (Å²) in [6.45, 7) is 5.05. The number of carbonyl (C=O) groups is 2. The van der Waals surface area contributed by atoms with E-state index in [9.17, 15) is 9.59 Å². The normalized spacial score (nSPS) is 19.8. The van der Waals surface area contributed by atoms with Crippen molar-refractivity contribution in [1.82, 2.24) is 9.80 Å². The highest BCUT2D eigenvalue weighted by Crippen LogP contribution is 2.39. The topological polar surface area (TPSA) is 49.9 Å². The predicted octanol–water partition coefficient (Wildman–Crippen LogP) is 3.67. The molecule has 0 atom stereocenters. The van der Waals surface area contributed by atoms with Crippen LogP contribution < -0.4 is 4.74 Å². The van der Waals surface area contributed by atoms with Crippen LogP contribution in [0.1, 0.15) is 49.7 Å². The summed E-state index contributed by atoms with van der Waals surface area (Å²) in [5, 5.41) is 0. The van der Waals surface area contributed by atoms with E-state index in [4.69, 9.17) is 4.74 Å². The Morgan fingerprint density at radius 2 is 1.80 bits per heavy atom. The molecule has 1 saturated heterocycles. The van der Waals surface area contributed by atoms with E-state index in [1.54, 1.807) is 11.9 Å². The number of hydrogen-bond donors (Lipinski definition) is 0. The van der Waals surface area contributed by atoms with Crippen molar-refractivity contribution in [3.05, 3.63) is 29.3 Å². The van der Waals surface area contributed by atoms with Gasteiger partial charge in [0.25, 0.3) is 5.91 Å². The van der Waals surface area contributed by atoms with Crippen molar-refractivity contribution in [2.75, 3.05) is 20.2 Å². The van der Waals surface area contributed by atoms with Crippen LogP contribution in [0.2, 0.25) is 0 Å². The maximum atomic E-state index is 12.9. The molecule has 3 rings (SSSR count). The van der Waals surface area contributed by atoms with E-state index in [-0.39, 0.29) is 11.9 Å². The molecule has 5 nitrogen and oxygen atoms in total. The zero-order chi connectivity index (χ0) is 18.0. The van der Waals surface area contributed by atoms with Crippen molar-refractivity contribution in [2.45, 2.75) is 57.9 Å². The van der Waals surface area contributed by atoms with Crippen molar-refractivity contribution in [3.8, 4) is 5.75 Å². The molecule has 1 aliphatic heterocycles. The molecule has 0 bridgehead atoms. The van der Waals surface area contributed by atoms with E-state index < -0.39 is 5.54 Å². The van der Waals surface area contributed by atoms with E-state index >= 15 is 0 Å². The molecule has 2 fully saturated rings. The zero-order valence-electron chi connectivity index (χ0n) is 15.5. The number of amides is 3. The Morgan fingerprint density at radius 3 is 2.48 bits per heavy atom. The Kier molecular flexibility index (Phi) is 5.02. The largest absolute Gasteiger partial charge is 0.494 e. The Labute approximate surface area is 149 Å². The van der Waals surface area contributed by atoms with Gasteiger partial charge in [0, 0.05) is 13.6 Å². The fourth-order valence-electron chi connectivity index (χ4n) is 3.95. The molecule has 1 aromatic rings. The first-order valence-corrected chi connectivity index (χ1v) is 9.25. The number of urea groups is 1. The number of aryl methyl sites for hydroxylation is 2. The maximum Gasteiger partial charge on any atom is 0.327 e. The Balaban J connectivity index is 1.55. The lowest BCUT2D eigenvalue weighted by molar-refractivity contribution is -0.134. The van der Waals surface area contributed by atoms with Crippen molar-refractivity contribution >= 4 is 11.9 Å². The zero-order valence-corrected chi connectivity index (χ0v) is 15.5. The summed E-state index contributed by atoms with van der Waals surface area (Å²) in [7, 11) is 1.77. The van der Waals surface area contributed by atoms with Gasteiger partial charge < -0.3 is 9.64 Å². The fourth-order valence-corrected chi connectivity index (χ4v) is 3.95. The predicted molar refractivity (Wildman–Crippen MR) is 96.7 cm³/mol. The van der Waals surface area contributed by atoms with Crippen molar-refractivity contribution in [3.63, 3.8) is 0 Å². The molecule has 0 aromatic heterocycles. The molecule has 5 heteroatoms. The van der Waals surface area contributed by atoms with E-state index in [1.165, 1.54) is 16.0 Å². The molecular weight excluding hydrogens is 316 g/mol. The van der Waals surface area contributed by atoms with Crippen molar-refractivity contribution < 1.29 is 14.3 Å². The van der Waals surface area contributed by atoms with Crippen LogP contribution in [-0.4, -0.2) is 47.5 Å². The van der Waals surface area contributed by atoms with Crippen LogP contribution in [0.5, 0.6) is 5.75 Å². The molecule has 1 aliphatic carbocycles. The summed E-state index contributed by atoms with van der Waals surface area (Å²) < 4.78 is 5.77. The van der Waals surface area contributed by atoms with E-state index in [2.05, 4.69) is 13.8 Å². The highest BCUT2D eigenvalue weighted by Gasteiger charge is 2.55. The number of likely N-dealkylation sites (N-methyl/N-ethyl adjacent to an activating group) is 1. The molecule has 1 heterocycles. The second-order valence-corrected chi connectivity index (χ2v) is 7.34. The minimum atomic E-state index is -0.579.